The van der Waals surface area contributed by atoms with Crippen molar-refractivity contribution < 1.29 is 28.2 Å². The van der Waals surface area contributed by atoms with Crippen molar-refractivity contribution in [3.8, 4) is 0 Å². The van der Waals surface area contributed by atoms with Crippen LogP contribution in [0, 0.1) is 0 Å². The summed E-state index contributed by atoms with van der Waals surface area (Å²) in [5.74, 6) is -0.670. The predicted octanol–water partition coefficient (Wildman–Crippen LogP) is 7.51. The highest BCUT2D eigenvalue weighted by Crippen LogP contribution is 2.20. The Morgan fingerprint density at radius 3 is 1.23 bits per heavy atom. The molecule has 0 spiro atoms. The molecule has 0 saturated carbocycles. The van der Waals surface area contributed by atoms with Crippen molar-refractivity contribution in [1.82, 2.24) is 0 Å². The van der Waals surface area contributed by atoms with Crippen LogP contribution >= 0.6 is 0 Å². The lowest BCUT2D eigenvalue weighted by molar-refractivity contribution is -0.697. The van der Waals surface area contributed by atoms with E-state index in [0.29, 0.717) is 35.7 Å². The van der Waals surface area contributed by atoms with Crippen LogP contribution in [0.15, 0.2) is 120 Å². The van der Waals surface area contributed by atoms with Crippen LogP contribution < -0.4 is 9.13 Å². The molecule has 8 nitrogen and oxygen atoms in total. The van der Waals surface area contributed by atoms with Crippen molar-refractivity contribution in [1.29, 1.82) is 0 Å². The van der Waals surface area contributed by atoms with E-state index in [9.17, 15) is 9.59 Å². The van der Waals surface area contributed by atoms with Gasteiger partial charge < -0.3 is 9.47 Å². The van der Waals surface area contributed by atoms with Crippen molar-refractivity contribution in [2.75, 3.05) is 13.2 Å². The van der Waals surface area contributed by atoms with Gasteiger partial charge in [-0.15, -0.1) is 0 Å². The van der Waals surface area contributed by atoms with Crippen LogP contribution in [0.4, 0.5) is 11.4 Å². The Morgan fingerprint density at radius 2 is 0.841 bits per heavy atom. The van der Waals surface area contributed by atoms with Gasteiger partial charge in [-0.3, -0.25) is 0 Å². The molecule has 2 aromatic carbocycles. The highest BCUT2D eigenvalue weighted by molar-refractivity contribution is 5.90. The molecule has 8 heteroatoms. The van der Waals surface area contributed by atoms with Crippen molar-refractivity contribution in [3.05, 3.63) is 121 Å². The maximum Gasteiger partial charge on any atom is 0.338 e. The van der Waals surface area contributed by atoms with E-state index in [0.717, 1.165) is 64.5 Å². The molecule has 0 fully saturated rings. The number of ether oxygens (including phenoxy) is 2. The Bertz CT molecular complexity index is 1320. The van der Waals surface area contributed by atoms with Gasteiger partial charge in [-0.25, -0.2) is 18.7 Å². The van der Waals surface area contributed by atoms with E-state index < -0.39 is 0 Å². The molecule has 0 atom stereocenters. The third kappa shape index (κ3) is 11.9. The van der Waals surface area contributed by atoms with Crippen LogP contribution in [-0.2, 0) is 22.6 Å². The fraction of sp³-hybridized carbons (Fsp3) is 0.333. The van der Waals surface area contributed by atoms with Crippen molar-refractivity contribution in [2.45, 2.75) is 64.5 Å². The summed E-state index contributed by atoms with van der Waals surface area (Å²) in [6, 6.07) is 25.8. The highest BCUT2D eigenvalue weighted by Gasteiger charge is 2.08. The lowest BCUT2D eigenvalue weighted by atomic mass is 10.2. The van der Waals surface area contributed by atoms with Crippen LogP contribution in [0.3, 0.4) is 0 Å². The highest BCUT2D eigenvalue weighted by atomic mass is 16.5. The third-order valence-corrected chi connectivity index (χ3v) is 7.13. The number of aryl methyl sites for hydroxylation is 2. The number of azo groups is 1. The summed E-state index contributed by atoms with van der Waals surface area (Å²) in [4.78, 5) is 24.7. The molecule has 0 saturated heterocycles. The van der Waals surface area contributed by atoms with Crippen LogP contribution in [-0.4, -0.2) is 25.2 Å². The Kier molecular flexibility index (Phi) is 13.7. The molecule has 228 valence electrons. The monoisotopic (exact) mass is 594 g/mol. The minimum atomic E-state index is -0.335. The SMILES string of the molecule is O=C(OCCCCCC[n+]1ccccc1)c1ccc(N=Nc2ccc(C(=O)OCCCCCC[n+]3ccccc3)cc2)cc1. The van der Waals surface area contributed by atoms with E-state index in [4.69, 9.17) is 9.47 Å². The van der Waals surface area contributed by atoms with E-state index >= 15 is 0 Å². The van der Waals surface area contributed by atoms with E-state index in [2.05, 4.69) is 44.2 Å². The lowest BCUT2D eigenvalue weighted by Gasteiger charge is -2.05. The number of esters is 2. The zero-order valence-corrected chi connectivity index (χ0v) is 25.3. The molecule has 0 N–H and O–H groups in total. The topological polar surface area (TPSA) is 85.1 Å². The summed E-state index contributed by atoms with van der Waals surface area (Å²) < 4.78 is 15.2. The summed E-state index contributed by atoms with van der Waals surface area (Å²) in [5.41, 5.74) is 2.20. The second kappa shape index (κ2) is 18.7. The first-order valence-electron chi connectivity index (χ1n) is 15.5. The standard InChI is InChI=1S/C36H42N4O4/c41-35(43-29-13-3-1-7-23-39-25-9-5-10-26-39)31-15-19-33(20-16-31)37-38-34-21-17-32(18-22-34)36(42)44-30-14-4-2-8-24-40-27-11-6-12-28-40/h5-6,9-12,15-22,25-28H,1-4,7-8,13-14,23-24,29-30H2/q+2. The molecule has 0 aliphatic heterocycles. The molecule has 2 heterocycles. The van der Waals surface area contributed by atoms with Gasteiger partial charge in [0.1, 0.15) is 13.1 Å². The van der Waals surface area contributed by atoms with Crippen LogP contribution in [0.25, 0.3) is 0 Å². The molecule has 44 heavy (non-hydrogen) atoms. The summed E-state index contributed by atoms with van der Waals surface area (Å²) in [6.45, 7) is 2.83. The third-order valence-electron chi connectivity index (χ3n) is 7.13. The molecule has 0 unspecified atom stereocenters. The average Bonchev–Trinajstić information content (AvgIpc) is 3.07. The molecule has 0 aliphatic carbocycles. The van der Waals surface area contributed by atoms with Crippen molar-refractivity contribution in [2.24, 2.45) is 10.2 Å². The number of rotatable bonds is 18. The van der Waals surface area contributed by atoms with E-state index in [1.54, 1.807) is 48.5 Å². The second-order valence-corrected chi connectivity index (χ2v) is 10.6. The molecule has 4 rings (SSSR count). The van der Waals surface area contributed by atoms with Gasteiger partial charge in [0.05, 0.1) is 35.7 Å². The van der Waals surface area contributed by atoms with Crippen LogP contribution in [0.5, 0.6) is 0 Å². The maximum absolute atomic E-state index is 12.4. The summed E-state index contributed by atoms with van der Waals surface area (Å²) >= 11 is 0. The number of carbonyl (C=O) groups is 2. The molecule has 0 bridgehead atoms. The molecule has 4 aromatic rings. The van der Waals surface area contributed by atoms with Crippen LogP contribution in [0.2, 0.25) is 0 Å². The number of hydrogen-bond acceptors (Lipinski definition) is 6. The van der Waals surface area contributed by atoms with Gasteiger partial charge in [-0.1, -0.05) is 12.1 Å². The quantitative estimate of drug-likeness (QED) is 0.0516. The first kappa shape index (κ1) is 32.2. The summed E-state index contributed by atoms with van der Waals surface area (Å²) in [6.07, 6.45) is 16.4. The van der Waals surface area contributed by atoms with Gasteiger partial charge in [0.15, 0.2) is 24.8 Å². The van der Waals surface area contributed by atoms with E-state index in [-0.39, 0.29) is 11.9 Å². The first-order chi connectivity index (χ1) is 21.7. The van der Waals surface area contributed by atoms with Gasteiger partial charge in [0, 0.05) is 37.1 Å². The number of carbonyl (C=O) groups excluding carboxylic acids is 2. The molecule has 0 aliphatic rings. The number of hydrogen-bond donors (Lipinski definition) is 0. The van der Waals surface area contributed by atoms with Gasteiger partial charge in [-0.05, 0) is 87.1 Å². The normalized spacial score (nSPS) is 11.0. The zero-order chi connectivity index (χ0) is 30.7. The minimum absolute atomic E-state index is 0.335. The molecule has 0 radical (unpaired) electrons. The van der Waals surface area contributed by atoms with Gasteiger partial charge >= 0.3 is 11.9 Å². The summed E-state index contributed by atoms with van der Waals surface area (Å²) in [5, 5.41) is 8.47. The smallest absolute Gasteiger partial charge is 0.338 e. The fourth-order valence-electron chi connectivity index (χ4n) is 4.61. The Morgan fingerprint density at radius 1 is 0.477 bits per heavy atom. The minimum Gasteiger partial charge on any atom is -0.462 e. The van der Waals surface area contributed by atoms with Gasteiger partial charge in [-0.2, -0.15) is 10.2 Å². The fourth-order valence-corrected chi connectivity index (χ4v) is 4.61. The van der Waals surface area contributed by atoms with Gasteiger partial charge in [0.25, 0.3) is 0 Å². The van der Waals surface area contributed by atoms with Crippen molar-refractivity contribution in [3.63, 3.8) is 0 Å². The molecular weight excluding hydrogens is 552 g/mol. The van der Waals surface area contributed by atoms with Crippen LogP contribution in [0.1, 0.15) is 72.1 Å². The predicted molar refractivity (Wildman–Crippen MR) is 168 cm³/mol. The molecule has 0 amide bonds. The maximum atomic E-state index is 12.4. The first-order valence-corrected chi connectivity index (χ1v) is 15.5. The molecule has 2 aromatic heterocycles. The Labute approximate surface area is 260 Å². The number of benzene rings is 2. The Balaban J connectivity index is 1.07. The van der Waals surface area contributed by atoms with Crippen molar-refractivity contribution >= 4 is 23.3 Å². The Hall–Kier alpha value is -4.72. The second-order valence-electron chi connectivity index (χ2n) is 10.6. The zero-order valence-electron chi connectivity index (χ0n) is 25.3. The largest absolute Gasteiger partial charge is 0.462 e. The average molecular weight is 595 g/mol. The molecular formula is C36H42N4O4+2. The lowest BCUT2D eigenvalue weighted by Crippen LogP contribution is -2.32. The summed E-state index contributed by atoms with van der Waals surface area (Å²) in [7, 11) is 0. The van der Waals surface area contributed by atoms with E-state index in [1.807, 2.05) is 36.4 Å². The number of nitrogens with zero attached hydrogens (tertiary/aromatic N) is 4. The number of unbranched alkanes of at least 4 members (excludes halogenated alkanes) is 6. The number of pyridine rings is 2. The number of aromatic nitrogens is 2. The van der Waals surface area contributed by atoms with Gasteiger partial charge in [0.2, 0.25) is 0 Å². The van der Waals surface area contributed by atoms with E-state index in [1.165, 1.54) is 0 Å².